The van der Waals surface area contributed by atoms with E-state index in [0.717, 1.165) is 43.2 Å². The number of allylic oxidation sites excluding steroid dienone is 1. The minimum atomic E-state index is -0.526. The molecular formula is C32H33NO4. The summed E-state index contributed by atoms with van der Waals surface area (Å²) in [5.41, 5.74) is 8.36. The molecule has 190 valence electrons. The number of carbonyl (C=O) groups is 1. The number of nitrogens with one attached hydrogen (secondary N) is 1. The van der Waals surface area contributed by atoms with Gasteiger partial charge in [0.05, 0.1) is 13.2 Å². The fourth-order valence-electron chi connectivity index (χ4n) is 5.80. The maximum atomic E-state index is 13.2. The Balaban J connectivity index is 1.22. The Hall–Kier alpha value is -3.41. The first-order valence-corrected chi connectivity index (χ1v) is 13.4. The summed E-state index contributed by atoms with van der Waals surface area (Å²) in [6, 6.07) is 23.2. The molecule has 1 amide bonds. The second kappa shape index (κ2) is 10.5. The summed E-state index contributed by atoms with van der Waals surface area (Å²) >= 11 is 0. The van der Waals surface area contributed by atoms with Crippen LogP contribution in [0.1, 0.15) is 65.8 Å². The van der Waals surface area contributed by atoms with Crippen LogP contribution in [-0.2, 0) is 33.9 Å². The van der Waals surface area contributed by atoms with Crippen molar-refractivity contribution in [2.75, 3.05) is 0 Å². The molecule has 2 atom stereocenters. The zero-order chi connectivity index (χ0) is 25.2. The lowest BCUT2D eigenvalue weighted by atomic mass is 9.90. The molecule has 2 N–H and O–H groups in total. The summed E-state index contributed by atoms with van der Waals surface area (Å²) in [7, 11) is 0. The van der Waals surface area contributed by atoms with Crippen LogP contribution in [0.25, 0.3) is 11.1 Å². The smallest absolute Gasteiger partial charge is 0.286 e. The molecule has 1 aliphatic heterocycles. The van der Waals surface area contributed by atoms with Crippen LogP contribution >= 0.6 is 0 Å². The molecular weight excluding hydrogens is 462 g/mol. The van der Waals surface area contributed by atoms with E-state index in [1.807, 2.05) is 30.3 Å². The highest BCUT2D eigenvalue weighted by Gasteiger charge is 2.31. The molecule has 0 saturated heterocycles. The van der Waals surface area contributed by atoms with Crippen molar-refractivity contribution in [3.63, 3.8) is 0 Å². The van der Waals surface area contributed by atoms with Crippen molar-refractivity contribution in [1.82, 2.24) is 5.32 Å². The molecule has 0 bridgehead atoms. The van der Waals surface area contributed by atoms with E-state index in [0.29, 0.717) is 18.8 Å². The highest BCUT2D eigenvalue weighted by molar-refractivity contribution is 5.92. The normalized spacial score (nSPS) is 20.6. The Bertz CT molecular complexity index is 1310. The number of ether oxygens (including phenoxy) is 2. The number of aliphatic hydroxyl groups excluding tert-OH is 1. The van der Waals surface area contributed by atoms with Crippen LogP contribution in [-0.4, -0.2) is 23.3 Å². The van der Waals surface area contributed by atoms with Crippen LogP contribution < -0.4 is 5.32 Å². The fourth-order valence-corrected chi connectivity index (χ4v) is 5.80. The molecule has 5 heteroatoms. The Morgan fingerprint density at radius 2 is 1.70 bits per heavy atom. The maximum absolute atomic E-state index is 13.2. The first-order valence-electron chi connectivity index (χ1n) is 13.4. The summed E-state index contributed by atoms with van der Waals surface area (Å²) in [6.07, 6.45) is 7.39. The minimum Gasteiger partial charge on any atom is -0.459 e. The molecule has 1 saturated carbocycles. The molecule has 0 aromatic heterocycles. The molecule has 0 radical (unpaired) electrons. The van der Waals surface area contributed by atoms with E-state index in [9.17, 15) is 9.90 Å². The third kappa shape index (κ3) is 5.20. The molecule has 0 unspecified atom stereocenters. The molecule has 1 fully saturated rings. The van der Waals surface area contributed by atoms with Gasteiger partial charge in [-0.3, -0.25) is 4.79 Å². The van der Waals surface area contributed by atoms with Crippen LogP contribution in [0.2, 0.25) is 0 Å². The predicted molar refractivity (Wildman–Crippen MR) is 143 cm³/mol. The van der Waals surface area contributed by atoms with E-state index in [2.05, 4.69) is 47.8 Å². The fraction of sp³-hybridized carbons (Fsp3) is 0.344. The van der Waals surface area contributed by atoms with E-state index in [1.165, 1.54) is 27.8 Å². The average Bonchev–Trinajstić information content (AvgIpc) is 3.59. The first kappa shape index (κ1) is 24.0. The van der Waals surface area contributed by atoms with Gasteiger partial charge in [-0.15, -0.1) is 0 Å². The van der Waals surface area contributed by atoms with Gasteiger partial charge in [-0.25, -0.2) is 0 Å². The van der Waals surface area contributed by atoms with Crippen LogP contribution in [0.4, 0.5) is 0 Å². The molecule has 37 heavy (non-hydrogen) atoms. The highest BCUT2D eigenvalue weighted by atomic mass is 16.7. The molecule has 0 spiro atoms. The van der Waals surface area contributed by atoms with Gasteiger partial charge in [0, 0.05) is 18.4 Å². The maximum Gasteiger partial charge on any atom is 0.286 e. The largest absolute Gasteiger partial charge is 0.459 e. The third-order valence-corrected chi connectivity index (χ3v) is 7.86. The molecule has 6 rings (SSSR count). The Labute approximate surface area is 218 Å². The number of hydrogen-bond donors (Lipinski definition) is 2. The minimum absolute atomic E-state index is 0.0185. The van der Waals surface area contributed by atoms with Crippen LogP contribution in [0, 0.1) is 0 Å². The SMILES string of the molecule is O=C(NC1CCCC1)C1=C[C@@H](c2ccc3c(c2)Cc2ccccc2-3)C[C@@H](OCc2ccc(CO)cc2)O1. The number of amides is 1. The summed E-state index contributed by atoms with van der Waals surface area (Å²) in [4.78, 5) is 13.2. The van der Waals surface area contributed by atoms with Crippen LogP contribution in [0.3, 0.4) is 0 Å². The summed E-state index contributed by atoms with van der Waals surface area (Å²) in [5, 5.41) is 12.5. The van der Waals surface area contributed by atoms with Gasteiger partial charge in [-0.2, -0.15) is 0 Å². The van der Waals surface area contributed by atoms with Crippen molar-refractivity contribution in [1.29, 1.82) is 0 Å². The van der Waals surface area contributed by atoms with Gasteiger partial charge < -0.3 is 19.9 Å². The lowest BCUT2D eigenvalue weighted by molar-refractivity contribution is -0.150. The third-order valence-electron chi connectivity index (χ3n) is 7.86. The van der Waals surface area contributed by atoms with E-state index in [1.54, 1.807) is 0 Å². The van der Waals surface area contributed by atoms with Gasteiger partial charge in [0.25, 0.3) is 5.91 Å². The van der Waals surface area contributed by atoms with Crippen molar-refractivity contribution < 1.29 is 19.4 Å². The Morgan fingerprint density at radius 1 is 0.946 bits per heavy atom. The molecule has 1 heterocycles. The number of aliphatic hydroxyl groups is 1. The summed E-state index contributed by atoms with van der Waals surface area (Å²) < 4.78 is 12.3. The monoisotopic (exact) mass is 495 g/mol. The van der Waals surface area contributed by atoms with E-state index in [4.69, 9.17) is 9.47 Å². The lowest BCUT2D eigenvalue weighted by Gasteiger charge is -2.30. The predicted octanol–water partition coefficient (Wildman–Crippen LogP) is 5.74. The summed E-state index contributed by atoms with van der Waals surface area (Å²) in [5.74, 6) is 0.229. The van der Waals surface area contributed by atoms with Gasteiger partial charge in [0.2, 0.25) is 6.29 Å². The number of hydrogen-bond acceptors (Lipinski definition) is 4. The van der Waals surface area contributed by atoms with Gasteiger partial charge in [-0.1, -0.05) is 79.6 Å². The van der Waals surface area contributed by atoms with E-state index >= 15 is 0 Å². The number of fused-ring (bicyclic) bond motifs is 3. The van der Waals surface area contributed by atoms with Gasteiger partial charge >= 0.3 is 0 Å². The van der Waals surface area contributed by atoms with Crippen molar-refractivity contribution in [3.8, 4) is 11.1 Å². The average molecular weight is 496 g/mol. The quantitative estimate of drug-likeness (QED) is 0.343. The second-order valence-corrected chi connectivity index (χ2v) is 10.4. The van der Waals surface area contributed by atoms with Gasteiger partial charge in [0.1, 0.15) is 0 Å². The molecule has 3 aromatic carbocycles. The van der Waals surface area contributed by atoms with Crippen molar-refractivity contribution in [2.45, 2.75) is 70.0 Å². The first-order chi connectivity index (χ1) is 18.2. The molecule has 3 aromatic rings. The lowest BCUT2D eigenvalue weighted by Crippen LogP contribution is -2.37. The summed E-state index contributed by atoms with van der Waals surface area (Å²) in [6.45, 7) is 0.394. The molecule has 5 nitrogen and oxygen atoms in total. The zero-order valence-corrected chi connectivity index (χ0v) is 21.0. The number of carbonyl (C=O) groups excluding carboxylic acids is 1. The van der Waals surface area contributed by atoms with E-state index in [-0.39, 0.29) is 24.5 Å². The Morgan fingerprint density at radius 3 is 2.51 bits per heavy atom. The van der Waals surface area contributed by atoms with Crippen LogP contribution in [0.15, 0.2) is 78.6 Å². The second-order valence-electron chi connectivity index (χ2n) is 10.4. The van der Waals surface area contributed by atoms with Crippen molar-refractivity contribution >= 4 is 5.91 Å². The van der Waals surface area contributed by atoms with Gasteiger partial charge in [0.15, 0.2) is 5.76 Å². The highest BCUT2D eigenvalue weighted by Crippen LogP contribution is 2.40. The molecule has 2 aliphatic carbocycles. The van der Waals surface area contributed by atoms with Crippen LogP contribution in [0.5, 0.6) is 0 Å². The standard InChI is InChI=1S/C32H33NO4/c34-19-21-9-11-22(12-10-21)20-36-31-18-25(17-30(37-31)32(35)33-27-6-2-3-7-27)23-13-14-29-26(15-23)16-24-5-1-4-8-28(24)29/h1,4-5,8-15,17,25,27,31,34H,2-3,6-7,16,18-20H2,(H,33,35)/t25-,31+/m1/s1. The Kier molecular flexibility index (Phi) is 6.81. The number of benzene rings is 3. The van der Waals surface area contributed by atoms with Crippen molar-refractivity contribution in [2.24, 2.45) is 0 Å². The van der Waals surface area contributed by atoms with Gasteiger partial charge in [-0.05, 0) is 64.3 Å². The topological polar surface area (TPSA) is 67.8 Å². The van der Waals surface area contributed by atoms with E-state index < -0.39 is 6.29 Å². The van der Waals surface area contributed by atoms with Crippen molar-refractivity contribution in [3.05, 3.63) is 106 Å². The molecule has 3 aliphatic rings. The zero-order valence-electron chi connectivity index (χ0n) is 21.0. The number of rotatable bonds is 7.